The van der Waals surface area contributed by atoms with Crippen molar-refractivity contribution >= 4 is 16.9 Å². The van der Waals surface area contributed by atoms with Gasteiger partial charge in [-0.2, -0.15) is 0 Å². The molecule has 0 radical (unpaired) electrons. The third-order valence-electron chi connectivity index (χ3n) is 5.95. The van der Waals surface area contributed by atoms with E-state index in [-0.39, 0.29) is 5.91 Å². The number of carbonyl (C=O) groups is 1. The number of nitrogens with zero attached hydrogens (tertiary/aromatic N) is 5. The molecule has 2 fully saturated rings. The van der Waals surface area contributed by atoms with Crippen LogP contribution in [0.3, 0.4) is 0 Å². The molecule has 1 saturated carbocycles. The first-order valence-corrected chi connectivity index (χ1v) is 9.90. The molecule has 5 rings (SSSR count). The van der Waals surface area contributed by atoms with Crippen LogP contribution >= 0.6 is 0 Å². The van der Waals surface area contributed by atoms with Crippen LogP contribution in [0.2, 0.25) is 0 Å². The van der Waals surface area contributed by atoms with E-state index in [9.17, 15) is 4.79 Å². The van der Waals surface area contributed by atoms with Gasteiger partial charge in [0.05, 0.1) is 17.4 Å². The summed E-state index contributed by atoms with van der Waals surface area (Å²) < 4.78 is 4.29. The van der Waals surface area contributed by atoms with E-state index in [2.05, 4.69) is 20.7 Å². The topological polar surface area (TPSA) is 56.0 Å². The summed E-state index contributed by atoms with van der Waals surface area (Å²) in [7, 11) is 1.97. The molecule has 1 amide bonds. The van der Waals surface area contributed by atoms with E-state index in [0.29, 0.717) is 5.92 Å². The average Bonchev–Trinajstić information content (AvgIpc) is 3.26. The van der Waals surface area contributed by atoms with E-state index in [0.717, 1.165) is 60.8 Å². The lowest BCUT2D eigenvalue weighted by Crippen LogP contribution is -2.39. The number of hydrogen-bond acceptors (Lipinski definition) is 3. The zero-order chi connectivity index (χ0) is 18.4. The van der Waals surface area contributed by atoms with Crippen molar-refractivity contribution in [3.8, 4) is 0 Å². The number of rotatable bonds is 4. The lowest BCUT2D eigenvalue weighted by atomic mass is 9.96. The number of aryl methyl sites for hydroxylation is 1. The number of carbonyl (C=O) groups excluding carboxylic acids is 1. The van der Waals surface area contributed by atoms with Crippen LogP contribution in [0.25, 0.3) is 11.0 Å². The van der Waals surface area contributed by atoms with Gasteiger partial charge in [-0.05, 0) is 49.8 Å². The van der Waals surface area contributed by atoms with Crippen molar-refractivity contribution in [1.29, 1.82) is 0 Å². The number of benzene rings is 1. The SMILES string of the molecule is Cn1cnc2cc(C(=O)N3CCCC(c4nccn4CC4CC4)C3)ccc21. The van der Waals surface area contributed by atoms with Gasteiger partial charge in [-0.1, -0.05) is 0 Å². The van der Waals surface area contributed by atoms with Gasteiger partial charge in [0.15, 0.2) is 0 Å². The van der Waals surface area contributed by atoms with Crippen molar-refractivity contribution in [2.24, 2.45) is 13.0 Å². The van der Waals surface area contributed by atoms with E-state index >= 15 is 0 Å². The van der Waals surface area contributed by atoms with Gasteiger partial charge in [0.25, 0.3) is 5.91 Å². The standard InChI is InChI=1S/C21H25N5O/c1-24-14-23-18-11-16(6-7-19(18)24)21(27)26-9-2-3-17(13-26)20-22-8-10-25(20)12-15-4-5-15/h6-8,10-11,14-15,17H,2-5,9,12-13H2,1H3. The molecule has 0 spiro atoms. The van der Waals surface area contributed by atoms with E-state index in [1.165, 1.54) is 12.8 Å². The highest BCUT2D eigenvalue weighted by molar-refractivity contribution is 5.97. The highest BCUT2D eigenvalue weighted by Crippen LogP contribution is 2.33. The van der Waals surface area contributed by atoms with Crippen molar-refractivity contribution in [1.82, 2.24) is 24.0 Å². The van der Waals surface area contributed by atoms with Crippen molar-refractivity contribution in [3.05, 3.63) is 48.3 Å². The third-order valence-corrected chi connectivity index (χ3v) is 5.95. The van der Waals surface area contributed by atoms with Gasteiger partial charge in [0.2, 0.25) is 0 Å². The Morgan fingerprint density at radius 2 is 2.11 bits per heavy atom. The summed E-state index contributed by atoms with van der Waals surface area (Å²) in [6.45, 7) is 2.65. The zero-order valence-electron chi connectivity index (χ0n) is 15.7. The van der Waals surface area contributed by atoms with Crippen LogP contribution in [0.1, 0.15) is 47.8 Å². The summed E-state index contributed by atoms with van der Waals surface area (Å²) in [5, 5.41) is 0. The second-order valence-corrected chi connectivity index (χ2v) is 8.03. The molecule has 0 bridgehead atoms. The Morgan fingerprint density at radius 1 is 1.22 bits per heavy atom. The molecule has 6 nitrogen and oxygen atoms in total. The smallest absolute Gasteiger partial charge is 0.253 e. The second-order valence-electron chi connectivity index (χ2n) is 8.03. The fourth-order valence-electron chi connectivity index (χ4n) is 4.24. The molecule has 27 heavy (non-hydrogen) atoms. The van der Waals surface area contributed by atoms with Crippen LogP contribution in [0, 0.1) is 5.92 Å². The summed E-state index contributed by atoms with van der Waals surface area (Å²) in [6.07, 6.45) is 10.6. The molecule has 1 saturated heterocycles. The normalized spacial score (nSPS) is 20.3. The molecule has 1 aliphatic carbocycles. The Labute approximate surface area is 158 Å². The molecule has 2 aromatic heterocycles. The monoisotopic (exact) mass is 363 g/mol. The minimum atomic E-state index is 0.104. The number of imidazole rings is 2. The third kappa shape index (κ3) is 3.13. The Hall–Kier alpha value is -2.63. The number of hydrogen-bond donors (Lipinski definition) is 0. The van der Waals surface area contributed by atoms with Crippen molar-refractivity contribution in [2.75, 3.05) is 13.1 Å². The van der Waals surface area contributed by atoms with Gasteiger partial charge in [-0.3, -0.25) is 4.79 Å². The van der Waals surface area contributed by atoms with Gasteiger partial charge < -0.3 is 14.0 Å². The van der Waals surface area contributed by atoms with Crippen LogP contribution in [-0.2, 0) is 13.6 Å². The van der Waals surface area contributed by atoms with Gasteiger partial charge in [-0.15, -0.1) is 0 Å². The molecule has 1 unspecified atom stereocenters. The molecular weight excluding hydrogens is 338 g/mol. The predicted octanol–water partition coefficient (Wildman–Crippen LogP) is 3.20. The summed E-state index contributed by atoms with van der Waals surface area (Å²) in [5.41, 5.74) is 2.64. The molecule has 0 N–H and O–H groups in total. The number of amides is 1. The van der Waals surface area contributed by atoms with E-state index in [1.54, 1.807) is 6.33 Å². The van der Waals surface area contributed by atoms with Gasteiger partial charge in [-0.25, -0.2) is 9.97 Å². The van der Waals surface area contributed by atoms with Gasteiger partial charge in [0.1, 0.15) is 5.82 Å². The Morgan fingerprint density at radius 3 is 2.96 bits per heavy atom. The molecule has 1 atom stereocenters. The molecule has 3 heterocycles. The molecule has 1 aromatic carbocycles. The largest absolute Gasteiger partial charge is 0.338 e. The maximum atomic E-state index is 13.1. The number of aromatic nitrogens is 4. The Kier molecular flexibility index (Phi) is 3.99. The van der Waals surface area contributed by atoms with Gasteiger partial charge >= 0.3 is 0 Å². The highest BCUT2D eigenvalue weighted by Gasteiger charge is 2.30. The Balaban J connectivity index is 1.35. The van der Waals surface area contributed by atoms with Crippen molar-refractivity contribution in [2.45, 2.75) is 38.1 Å². The molecule has 140 valence electrons. The van der Waals surface area contributed by atoms with Crippen LogP contribution in [0.15, 0.2) is 36.9 Å². The second kappa shape index (κ2) is 6.51. The van der Waals surface area contributed by atoms with Crippen LogP contribution in [0.4, 0.5) is 0 Å². The van der Waals surface area contributed by atoms with Crippen LogP contribution in [-0.4, -0.2) is 43.0 Å². The molecular formula is C21H25N5O. The minimum absolute atomic E-state index is 0.104. The maximum Gasteiger partial charge on any atom is 0.253 e. The van der Waals surface area contributed by atoms with Gasteiger partial charge in [0, 0.05) is 50.6 Å². The summed E-state index contributed by atoms with van der Waals surface area (Å²) >= 11 is 0. The van der Waals surface area contributed by atoms with Crippen molar-refractivity contribution < 1.29 is 4.79 Å². The Bertz CT molecular complexity index is 984. The van der Waals surface area contributed by atoms with Crippen molar-refractivity contribution in [3.63, 3.8) is 0 Å². The van der Waals surface area contributed by atoms with E-state index < -0.39 is 0 Å². The first-order valence-electron chi connectivity index (χ1n) is 9.90. The van der Waals surface area contributed by atoms with Crippen LogP contribution in [0.5, 0.6) is 0 Å². The average molecular weight is 363 g/mol. The highest BCUT2D eigenvalue weighted by atomic mass is 16.2. The van der Waals surface area contributed by atoms with Crippen LogP contribution < -0.4 is 0 Å². The number of likely N-dealkylation sites (tertiary alicyclic amines) is 1. The molecule has 6 heteroatoms. The maximum absolute atomic E-state index is 13.1. The fourth-order valence-corrected chi connectivity index (χ4v) is 4.24. The number of fused-ring (bicyclic) bond motifs is 1. The molecule has 1 aliphatic heterocycles. The lowest BCUT2D eigenvalue weighted by molar-refractivity contribution is 0.0703. The number of piperidine rings is 1. The summed E-state index contributed by atoms with van der Waals surface area (Å²) in [6, 6.07) is 5.82. The lowest BCUT2D eigenvalue weighted by Gasteiger charge is -2.32. The molecule has 3 aromatic rings. The minimum Gasteiger partial charge on any atom is -0.338 e. The van der Waals surface area contributed by atoms with E-state index in [4.69, 9.17) is 0 Å². The molecule has 2 aliphatic rings. The first kappa shape index (κ1) is 16.5. The summed E-state index contributed by atoms with van der Waals surface area (Å²) in [5.74, 6) is 2.41. The summed E-state index contributed by atoms with van der Waals surface area (Å²) in [4.78, 5) is 24.1. The first-order chi connectivity index (χ1) is 13.2. The zero-order valence-corrected chi connectivity index (χ0v) is 15.7. The van der Waals surface area contributed by atoms with E-state index in [1.807, 2.05) is 40.9 Å². The predicted molar refractivity (Wildman–Crippen MR) is 104 cm³/mol. The fraction of sp³-hybridized carbons (Fsp3) is 0.476. The quantitative estimate of drug-likeness (QED) is 0.715.